The number of hydrogen-bond acceptors (Lipinski definition) is 4. The SMILES string of the molecule is CCOc1ccc(OCC)c(NCc2cc(C)sc2C)c1. The van der Waals surface area contributed by atoms with Gasteiger partial charge in [-0.05, 0) is 51.5 Å². The quantitative estimate of drug-likeness (QED) is 0.799. The van der Waals surface area contributed by atoms with E-state index in [9.17, 15) is 0 Å². The van der Waals surface area contributed by atoms with Gasteiger partial charge < -0.3 is 14.8 Å². The number of anilines is 1. The van der Waals surface area contributed by atoms with Crippen molar-refractivity contribution in [2.75, 3.05) is 18.5 Å². The molecule has 4 heteroatoms. The largest absolute Gasteiger partial charge is 0.494 e. The Morgan fingerprint density at radius 1 is 1.05 bits per heavy atom. The van der Waals surface area contributed by atoms with Gasteiger partial charge in [-0.25, -0.2) is 0 Å². The van der Waals surface area contributed by atoms with Crippen molar-refractivity contribution in [3.05, 3.63) is 39.6 Å². The van der Waals surface area contributed by atoms with Gasteiger partial charge in [-0.3, -0.25) is 0 Å². The van der Waals surface area contributed by atoms with Crippen LogP contribution in [0.2, 0.25) is 0 Å². The highest BCUT2D eigenvalue weighted by Gasteiger charge is 2.08. The van der Waals surface area contributed by atoms with Gasteiger partial charge in [-0.2, -0.15) is 0 Å². The normalized spacial score (nSPS) is 10.5. The number of ether oxygens (including phenoxy) is 2. The Morgan fingerprint density at radius 2 is 1.81 bits per heavy atom. The lowest BCUT2D eigenvalue weighted by Gasteiger charge is -2.14. The van der Waals surface area contributed by atoms with Crippen molar-refractivity contribution >= 4 is 17.0 Å². The molecule has 0 aliphatic heterocycles. The van der Waals surface area contributed by atoms with Crippen molar-refractivity contribution in [2.45, 2.75) is 34.2 Å². The van der Waals surface area contributed by atoms with Crippen molar-refractivity contribution in [2.24, 2.45) is 0 Å². The van der Waals surface area contributed by atoms with Crippen molar-refractivity contribution in [1.29, 1.82) is 0 Å². The maximum atomic E-state index is 5.68. The fourth-order valence-corrected chi connectivity index (χ4v) is 3.18. The molecule has 0 spiro atoms. The van der Waals surface area contributed by atoms with Gasteiger partial charge in [0.15, 0.2) is 0 Å². The zero-order valence-electron chi connectivity index (χ0n) is 13.2. The Bertz CT molecular complexity index is 592. The van der Waals surface area contributed by atoms with Crippen molar-refractivity contribution in [3.63, 3.8) is 0 Å². The van der Waals surface area contributed by atoms with E-state index in [1.165, 1.54) is 15.3 Å². The fourth-order valence-electron chi connectivity index (χ4n) is 2.23. The molecule has 0 unspecified atom stereocenters. The van der Waals surface area contributed by atoms with Crippen LogP contribution in [0.3, 0.4) is 0 Å². The molecule has 2 aromatic rings. The first-order valence-corrected chi connectivity index (χ1v) is 8.15. The lowest BCUT2D eigenvalue weighted by Crippen LogP contribution is -2.03. The van der Waals surface area contributed by atoms with E-state index >= 15 is 0 Å². The van der Waals surface area contributed by atoms with E-state index in [0.717, 1.165) is 23.7 Å². The lowest BCUT2D eigenvalue weighted by molar-refractivity contribution is 0.332. The van der Waals surface area contributed by atoms with Gasteiger partial charge in [0.1, 0.15) is 11.5 Å². The van der Waals surface area contributed by atoms with Crippen molar-refractivity contribution < 1.29 is 9.47 Å². The van der Waals surface area contributed by atoms with Gasteiger partial charge in [0.2, 0.25) is 0 Å². The average Bonchev–Trinajstić information content (AvgIpc) is 2.77. The summed E-state index contributed by atoms with van der Waals surface area (Å²) in [6, 6.07) is 8.14. The van der Waals surface area contributed by atoms with Crippen LogP contribution in [-0.2, 0) is 6.54 Å². The first kappa shape index (κ1) is 15.7. The lowest BCUT2D eigenvalue weighted by atomic mass is 10.2. The highest BCUT2D eigenvalue weighted by atomic mass is 32.1. The molecule has 21 heavy (non-hydrogen) atoms. The summed E-state index contributed by atoms with van der Waals surface area (Å²) in [5.74, 6) is 1.73. The summed E-state index contributed by atoms with van der Waals surface area (Å²) in [6.07, 6.45) is 0. The van der Waals surface area contributed by atoms with Crippen LogP contribution in [0.1, 0.15) is 29.2 Å². The Kier molecular flexibility index (Phi) is 5.51. The second kappa shape index (κ2) is 7.36. The first-order valence-electron chi connectivity index (χ1n) is 7.33. The van der Waals surface area contributed by atoms with E-state index in [-0.39, 0.29) is 0 Å². The van der Waals surface area contributed by atoms with Crippen molar-refractivity contribution in [1.82, 2.24) is 0 Å². The number of hydrogen-bond donors (Lipinski definition) is 1. The van der Waals surface area contributed by atoms with Crippen molar-refractivity contribution in [3.8, 4) is 11.5 Å². The molecule has 1 aromatic carbocycles. The Balaban J connectivity index is 2.15. The summed E-state index contributed by atoms with van der Waals surface area (Å²) in [5.41, 5.74) is 2.31. The third kappa shape index (κ3) is 4.14. The highest BCUT2D eigenvalue weighted by molar-refractivity contribution is 7.12. The maximum Gasteiger partial charge on any atom is 0.142 e. The molecule has 1 heterocycles. The van der Waals surface area contributed by atoms with Gasteiger partial charge >= 0.3 is 0 Å². The monoisotopic (exact) mass is 305 g/mol. The zero-order chi connectivity index (χ0) is 15.2. The molecule has 0 radical (unpaired) electrons. The molecule has 0 aliphatic rings. The molecule has 3 nitrogen and oxygen atoms in total. The van der Waals surface area contributed by atoms with Crippen LogP contribution in [-0.4, -0.2) is 13.2 Å². The van der Waals surface area contributed by atoms with Crippen LogP contribution in [0.15, 0.2) is 24.3 Å². The molecule has 0 saturated heterocycles. The minimum atomic E-state index is 0.652. The van der Waals surface area contributed by atoms with Gasteiger partial charge in [0.25, 0.3) is 0 Å². The standard InChI is InChI=1S/C17H23NO2S/c1-5-19-15-7-8-17(20-6-2)16(10-15)18-11-14-9-12(3)21-13(14)4/h7-10,18H,5-6,11H2,1-4H3. The van der Waals surface area contributed by atoms with E-state index < -0.39 is 0 Å². The maximum absolute atomic E-state index is 5.68. The topological polar surface area (TPSA) is 30.5 Å². The molecule has 2 rings (SSSR count). The predicted molar refractivity (Wildman–Crippen MR) is 89.9 cm³/mol. The third-order valence-electron chi connectivity index (χ3n) is 3.17. The van der Waals surface area contributed by atoms with Gasteiger partial charge in [0.05, 0.1) is 18.9 Å². The van der Waals surface area contributed by atoms with E-state index in [1.54, 1.807) is 0 Å². The Hall–Kier alpha value is -1.68. The molecule has 0 atom stereocenters. The van der Waals surface area contributed by atoms with E-state index in [4.69, 9.17) is 9.47 Å². The molecule has 0 saturated carbocycles. The molecular weight excluding hydrogens is 282 g/mol. The number of rotatable bonds is 7. The van der Waals surface area contributed by atoms with Gasteiger partial charge in [-0.1, -0.05) is 0 Å². The highest BCUT2D eigenvalue weighted by Crippen LogP contribution is 2.30. The Morgan fingerprint density at radius 3 is 2.43 bits per heavy atom. The van der Waals surface area contributed by atoms with Crippen LogP contribution in [0, 0.1) is 13.8 Å². The number of aryl methyl sites for hydroxylation is 2. The fraction of sp³-hybridized carbons (Fsp3) is 0.412. The van der Waals surface area contributed by atoms with E-state index in [1.807, 2.05) is 43.4 Å². The minimum absolute atomic E-state index is 0.652. The second-order valence-electron chi connectivity index (χ2n) is 4.82. The third-order valence-corrected chi connectivity index (χ3v) is 4.18. The van der Waals surface area contributed by atoms with E-state index in [2.05, 4.69) is 25.2 Å². The van der Waals surface area contributed by atoms with E-state index in [0.29, 0.717) is 13.2 Å². The summed E-state index contributed by atoms with van der Waals surface area (Å²) in [5, 5.41) is 3.47. The molecule has 1 aromatic heterocycles. The predicted octanol–water partition coefficient (Wildman–Crippen LogP) is 4.77. The van der Waals surface area contributed by atoms with Crippen LogP contribution in [0.5, 0.6) is 11.5 Å². The first-order chi connectivity index (χ1) is 10.1. The average molecular weight is 305 g/mol. The summed E-state index contributed by atoms with van der Waals surface area (Å²) in [7, 11) is 0. The van der Waals surface area contributed by atoms with Crippen LogP contribution >= 0.6 is 11.3 Å². The summed E-state index contributed by atoms with van der Waals surface area (Å²) in [6.45, 7) is 10.4. The Labute approximate surface area is 130 Å². The minimum Gasteiger partial charge on any atom is -0.494 e. The summed E-state index contributed by atoms with van der Waals surface area (Å²) >= 11 is 1.83. The molecule has 0 bridgehead atoms. The molecule has 0 amide bonds. The van der Waals surface area contributed by atoms with Crippen LogP contribution in [0.4, 0.5) is 5.69 Å². The molecule has 1 N–H and O–H groups in total. The van der Waals surface area contributed by atoms with Gasteiger partial charge in [-0.15, -0.1) is 11.3 Å². The molecular formula is C17H23NO2S. The smallest absolute Gasteiger partial charge is 0.142 e. The molecule has 0 aliphatic carbocycles. The van der Waals surface area contributed by atoms with Gasteiger partial charge in [0, 0.05) is 22.4 Å². The summed E-state index contributed by atoms with van der Waals surface area (Å²) in [4.78, 5) is 2.70. The number of nitrogens with one attached hydrogen (secondary N) is 1. The second-order valence-corrected chi connectivity index (χ2v) is 6.28. The zero-order valence-corrected chi connectivity index (χ0v) is 14.0. The number of thiophene rings is 1. The molecule has 0 fully saturated rings. The number of benzene rings is 1. The van der Waals surface area contributed by atoms with Crippen LogP contribution < -0.4 is 14.8 Å². The molecule has 114 valence electrons. The van der Waals surface area contributed by atoms with Crippen LogP contribution in [0.25, 0.3) is 0 Å². The summed E-state index contributed by atoms with van der Waals surface area (Å²) < 4.78 is 11.2.